The van der Waals surface area contributed by atoms with Crippen LogP contribution in [0, 0.1) is 6.92 Å². The molecule has 1 unspecified atom stereocenters. The highest BCUT2D eigenvalue weighted by Gasteiger charge is 2.30. The van der Waals surface area contributed by atoms with Gasteiger partial charge in [-0.2, -0.15) is 0 Å². The Labute approximate surface area is 193 Å². The molecule has 5 heteroatoms. The second-order valence-electron chi connectivity index (χ2n) is 8.62. The Bertz CT molecular complexity index is 1300. The summed E-state index contributed by atoms with van der Waals surface area (Å²) in [4.78, 5) is 21.1. The largest absolute Gasteiger partial charge is 0.290 e. The van der Waals surface area contributed by atoms with Gasteiger partial charge in [-0.05, 0) is 55.6 Å². The lowest BCUT2D eigenvalue weighted by Crippen LogP contribution is -2.32. The first-order valence-electron chi connectivity index (χ1n) is 11.1. The van der Waals surface area contributed by atoms with Crippen LogP contribution in [0.2, 0.25) is 5.02 Å². The van der Waals surface area contributed by atoms with Crippen LogP contribution in [0.25, 0.3) is 10.9 Å². The van der Waals surface area contributed by atoms with E-state index in [1.165, 1.54) is 11.1 Å². The maximum atomic E-state index is 13.6. The fourth-order valence-electron chi connectivity index (χ4n) is 4.62. The molecule has 0 spiro atoms. The van der Waals surface area contributed by atoms with Crippen molar-refractivity contribution < 1.29 is 0 Å². The van der Waals surface area contributed by atoms with E-state index in [1.807, 2.05) is 22.8 Å². The summed E-state index contributed by atoms with van der Waals surface area (Å²) >= 11 is 6.24. The quantitative estimate of drug-likeness (QED) is 0.394. The van der Waals surface area contributed by atoms with Crippen molar-refractivity contribution in [1.82, 2.24) is 14.5 Å². The molecular weight excluding hydrogens is 418 g/mol. The molecule has 1 aromatic heterocycles. The Hall–Kier alpha value is -2.95. The Morgan fingerprint density at radius 1 is 0.969 bits per heavy atom. The van der Waals surface area contributed by atoms with Crippen molar-refractivity contribution in [1.29, 1.82) is 0 Å². The van der Waals surface area contributed by atoms with Gasteiger partial charge in [0.15, 0.2) is 0 Å². The molecule has 4 aromatic rings. The smallest absolute Gasteiger partial charge is 0.261 e. The molecule has 3 aromatic carbocycles. The van der Waals surface area contributed by atoms with Crippen molar-refractivity contribution in [3.8, 4) is 0 Å². The van der Waals surface area contributed by atoms with Gasteiger partial charge in [-0.1, -0.05) is 71.8 Å². The minimum absolute atomic E-state index is 0.00675. The zero-order valence-electron chi connectivity index (χ0n) is 18.2. The Kier molecular flexibility index (Phi) is 5.81. The molecule has 5 rings (SSSR count). The number of likely N-dealkylation sites (tertiary alicyclic amines) is 1. The zero-order valence-corrected chi connectivity index (χ0v) is 18.9. The van der Waals surface area contributed by atoms with Crippen LogP contribution in [0.4, 0.5) is 0 Å². The zero-order chi connectivity index (χ0) is 22.1. The lowest BCUT2D eigenvalue weighted by Gasteiger charge is -2.27. The molecule has 1 aliphatic heterocycles. The number of hydrogen-bond donors (Lipinski definition) is 0. The Morgan fingerprint density at radius 2 is 1.72 bits per heavy atom. The number of hydrogen-bond acceptors (Lipinski definition) is 3. The van der Waals surface area contributed by atoms with Crippen molar-refractivity contribution in [2.45, 2.75) is 38.9 Å². The van der Waals surface area contributed by atoms with Gasteiger partial charge < -0.3 is 0 Å². The third-order valence-corrected chi connectivity index (χ3v) is 6.53. The molecule has 0 amide bonds. The molecule has 4 nitrogen and oxygen atoms in total. The van der Waals surface area contributed by atoms with Gasteiger partial charge in [0, 0.05) is 11.6 Å². The molecular formula is C27H26ClN3O. The van der Waals surface area contributed by atoms with Crippen LogP contribution in [0.1, 0.15) is 41.4 Å². The fourth-order valence-corrected chi connectivity index (χ4v) is 4.79. The number of aromatic nitrogens is 2. The maximum Gasteiger partial charge on any atom is 0.261 e. The summed E-state index contributed by atoms with van der Waals surface area (Å²) in [6.07, 6.45) is 2.07. The summed E-state index contributed by atoms with van der Waals surface area (Å²) in [5, 5.41) is 1.20. The molecule has 0 radical (unpaired) electrons. The van der Waals surface area contributed by atoms with E-state index in [0.29, 0.717) is 22.5 Å². The van der Waals surface area contributed by atoms with E-state index in [9.17, 15) is 4.79 Å². The molecule has 0 bridgehead atoms. The highest BCUT2D eigenvalue weighted by Crippen LogP contribution is 2.33. The molecule has 0 N–H and O–H groups in total. The SMILES string of the molecule is Cc1ccc(CN2CCCC2c2nc3cc(Cl)ccc3c(=O)n2Cc2ccccc2)cc1. The van der Waals surface area contributed by atoms with Gasteiger partial charge in [0.25, 0.3) is 5.56 Å². The molecule has 1 atom stereocenters. The van der Waals surface area contributed by atoms with Gasteiger partial charge in [-0.15, -0.1) is 0 Å². The normalized spacial score (nSPS) is 16.6. The number of nitrogens with zero attached hydrogens (tertiary/aromatic N) is 3. The van der Waals surface area contributed by atoms with Crippen LogP contribution in [0.3, 0.4) is 0 Å². The third-order valence-electron chi connectivity index (χ3n) is 6.30. The van der Waals surface area contributed by atoms with Crippen LogP contribution in [0.15, 0.2) is 77.6 Å². The number of rotatable bonds is 5. The summed E-state index contributed by atoms with van der Waals surface area (Å²) in [6.45, 7) is 4.46. The second kappa shape index (κ2) is 8.89. The van der Waals surface area contributed by atoms with Gasteiger partial charge in [0.2, 0.25) is 0 Å². The van der Waals surface area contributed by atoms with E-state index in [1.54, 1.807) is 18.2 Å². The summed E-state index contributed by atoms with van der Waals surface area (Å²) in [5.74, 6) is 0.832. The van der Waals surface area contributed by atoms with E-state index in [2.05, 4.69) is 48.2 Å². The number of halogens is 1. The monoisotopic (exact) mass is 443 g/mol. The van der Waals surface area contributed by atoms with E-state index in [0.717, 1.165) is 37.3 Å². The van der Waals surface area contributed by atoms with Crippen molar-refractivity contribution in [3.05, 3.63) is 111 Å². The second-order valence-corrected chi connectivity index (χ2v) is 9.06. The fraction of sp³-hybridized carbons (Fsp3) is 0.259. The van der Waals surface area contributed by atoms with E-state index < -0.39 is 0 Å². The van der Waals surface area contributed by atoms with Crippen molar-refractivity contribution >= 4 is 22.5 Å². The van der Waals surface area contributed by atoms with Crippen LogP contribution >= 0.6 is 11.6 Å². The first-order valence-corrected chi connectivity index (χ1v) is 11.5. The van der Waals surface area contributed by atoms with E-state index in [4.69, 9.17) is 16.6 Å². The molecule has 0 aliphatic carbocycles. The van der Waals surface area contributed by atoms with E-state index >= 15 is 0 Å². The highest BCUT2D eigenvalue weighted by molar-refractivity contribution is 6.31. The average molecular weight is 444 g/mol. The molecule has 1 fully saturated rings. The summed E-state index contributed by atoms with van der Waals surface area (Å²) in [6, 6.07) is 24.3. The van der Waals surface area contributed by atoms with Gasteiger partial charge in [0.05, 0.1) is 23.5 Å². The molecule has 0 saturated carbocycles. The van der Waals surface area contributed by atoms with Gasteiger partial charge >= 0.3 is 0 Å². The first-order chi connectivity index (χ1) is 15.6. The average Bonchev–Trinajstić information content (AvgIpc) is 3.25. The number of aryl methyl sites for hydroxylation is 1. The van der Waals surface area contributed by atoms with Crippen LogP contribution in [-0.4, -0.2) is 21.0 Å². The van der Waals surface area contributed by atoms with Crippen molar-refractivity contribution in [3.63, 3.8) is 0 Å². The minimum atomic E-state index is -0.00675. The summed E-state index contributed by atoms with van der Waals surface area (Å²) < 4.78 is 1.86. The first kappa shape index (κ1) is 20.9. The van der Waals surface area contributed by atoms with Crippen LogP contribution in [0.5, 0.6) is 0 Å². The molecule has 1 saturated heterocycles. The lowest BCUT2D eigenvalue weighted by atomic mass is 10.1. The molecule has 2 heterocycles. The van der Waals surface area contributed by atoms with Crippen molar-refractivity contribution in [2.75, 3.05) is 6.54 Å². The highest BCUT2D eigenvalue weighted by atomic mass is 35.5. The Morgan fingerprint density at radius 3 is 2.50 bits per heavy atom. The van der Waals surface area contributed by atoms with Gasteiger partial charge in [0.1, 0.15) is 5.82 Å². The molecule has 32 heavy (non-hydrogen) atoms. The van der Waals surface area contributed by atoms with Gasteiger partial charge in [-0.3, -0.25) is 14.3 Å². The Balaban J connectivity index is 1.59. The lowest BCUT2D eigenvalue weighted by molar-refractivity contribution is 0.234. The standard InChI is InChI=1S/C27H26ClN3O/c1-19-9-11-21(12-10-19)17-30-15-5-8-25(30)26-29-24-16-22(28)13-14-23(24)27(32)31(26)18-20-6-3-2-4-7-20/h2-4,6-7,9-14,16,25H,5,8,15,17-18H2,1H3. The van der Waals surface area contributed by atoms with E-state index in [-0.39, 0.29) is 11.6 Å². The third kappa shape index (κ3) is 4.21. The van der Waals surface area contributed by atoms with Crippen LogP contribution < -0.4 is 5.56 Å². The predicted molar refractivity (Wildman–Crippen MR) is 130 cm³/mol. The number of fused-ring (bicyclic) bond motifs is 1. The molecule has 162 valence electrons. The predicted octanol–water partition coefficient (Wildman–Crippen LogP) is 5.74. The van der Waals surface area contributed by atoms with Crippen molar-refractivity contribution in [2.24, 2.45) is 0 Å². The number of benzene rings is 3. The summed E-state index contributed by atoms with van der Waals surface area (Å²) in [5.41, 5.74) is 4.30. The molecule has 1 aliphatic rings. The topological polar surface area (TPSA) is 38.1 Å². The minimum Gasteiger partial charge on any atom is -0.290 e. The summed E-state index contributed by atoms with van der Waals surface area (Å²) in [7, 11) is 0. The van der Waals surface area contributed by atoms with Gasteiger partial charge in [-0.25, -0.2) is 4.98 Å². The van der Waals surface area contributed by atoms with Crippen LogP contribution in [-0.2, 0) is 13.1 Å². The maximum absolute atomic E-state index is 13.6.